The fourth-order valence-electron chi connectivity index (χ4n) is 1.58. The molecular formula is C14H22FNO. The van der Waals surface area contributed by atoms with Crippen molar-refractivity contribution in [1.82, 2.24) is 5.32 Å². The Balaban J connectivity index is 2.34. The van der Waals surface area contributed by atoms with Crippen LogP contribution in [0.5, 0.6) is 0 Å². The Morgan fingerprint density at radius 2 is 2.06 bits per heavy atom. The van der Waals surface area contributed by atoms with Crippen molar-refractivity contribution in [3.05, 3.63) is 35.6 Å². The van der Waals surface area contributed by atoms with Crippen LogP contribution in [0.2, 0.25) is 0 Å². The van der Waals surface area contributed by atoms with Crippen LogP contribution < -0.4 is 5.32 Å². The Morgan fingerprint density at radius 1 is 1.29 bits per heavy atom. The molecule has 96 valence electrons. The fraction of sp³-hybridized carbons (Fsp3) is 0.571. The first-order valence-corrected chi connectivity index (χ1v) is 6.33. The molecule has 17 heavy (non-hydrogen) atoms. The molecule has 1 aromatic carbocycles. The number of rotatable bonds is 8. The summed E-state index contributed by atoms with van der Waals surface area (Å²) in [6.45, 7) is 6.39. The van der Waals surface area contributed by atoms with Crippen molar-refractivity contribution in [2.24, 2.45) is 0 Å². The van der Waals surface area contributed by atoms with Gasteiger partial charge in [0.15, 0.2) is 0 Å². The van der Waals surface area contributed by atoms with Crippen LogP contribution >= 0.6 is 0 Å². The summed E-state index contributed by atoms with van der Waals surface area (Å²) < 4.78 is 19.1. The normalized spacial score (nSPS) is 12.6. The Kier molecular flexibility index (Phi) is 6.82. The molecular weight excluding hydrogens is 217 g/mol. The fourth-order valence-corrected chi connectivity index (χ4v) is 1.58. The van der Waals surface area contributed by atoms with Gasteiger partial charge in [0.2, 0.25) is 0 Å². The van der Waals surface area contributed by atoms with E-state index < -0.39 is 0 Å². The lowest BCUT2D eigenvalue weighted by Gasteiger charge is -2.17. The molecule has 0 spiro atoms. The van der Waals surface area contributed by atoms with Gasteiger partial charge in [-0.1, -0.05) is 32.0 Å². The van der Waals surface area contributed by atoms with Crippen LogP contribution in [-0.4, -0.2) is 19.2 Å². The summed E-state index contributed by atoms with van der Waals surface area (Å²) in [7, 11) is 0. The zero-order chi connectivity index (χ0) is 12.5. The third kappa shape index (κ3) is 5.29. The smallest absolute Gasteiger partial charge is 0.128 e. The maximum Gasteiger partial charge on any atom is 0.128 e. The maximum absolute atomic E-state index is 13.4. The van der Waals surface area contributed by atoms with Gasteiger partial charge in [-0.3, -0.25) is 0 Å². The highest BCUT2D eigenvalue weighted by Gasteiger charge is 2.07. The lowest BCUT2D eigenvalue weighted by atomic mass is 10.2. The Hall–Kier alpha value is -0.930. The van der Waals surface area contributed by atoms with Gasteiger partial charge < -0.3 is 10.1 Å². The lowest BCUT2D eigenvalue weighted by Crippen LogP contribution is -2.29. The maximum atomic E-state index is 13.4. The summed E-state index contributed by atoms with van der Waals surface area (Å²) in [4.78, 5) is 0. The zero-order valence-corrected chi connectivity index (χ0v) is 10.7. The summed E-state index contributed by atoms with van der Waals surface area (Å²) in [5, 5.41) is 3.32. The van der Waals surface area contributed by atoms with Crippen LogP contribution in [-0.2, 0) is 11.3 Å². The van der Waals surface area contributed by atoms with E-state index >= 15 is 0 Å². The summed E-state index contributed by atoms with van der Waals surface area (Å²) in [6.07, 6.45) is 2.20. The summed E-state index contributed by atoms with van der Waals surface area (Å²) in [5.41, 5.74) is 0.626. The van der Waals surface area contributed by atoms with Crippen molar-refractivity contribution >= 4 is 0 Å². The highest BCUT2D eigenvalue weighted by molar-refractivity contribution is 5.16. The van der Waals surface area contributed by atoms with Crippen LogP contribution in [0, 0.1) is 5.82 Å². The third-order valence-corrected chi connectivity index (χ3v) is 2.69. The molecule has 0 saturated heterocycles. The highest BCUT2D eigenvalue weighted by Crippen LogP contribution is 2.09. The molecule has 1 rings (SSSR count). The molecule has 0 saturated carbocycles. The molecule has 3 heteroatoms. The van der Waals surface area contributed by atoms with Gasteiger partial charge in [0, 0.05) is 12.1 Å². The molecule has 0 fully saturated rings. The molecule has 0 bridgehead atoms. The topological polar surface area (TPSA) is 21.3 Å². The zero-order valence-electron chi connectivity index (χ0n) is 10.7. The number of halogens is 1. The van der Waals surface area contributed by atoms with E-state index in [4.69, 9.17) is 4.74 Å². The van der Waals surface area contributed by atoms with Crippen LogP contribution in [0.3, 0.4) is 0 Å². The van der Waals surface area contributed by atoms with Crippen molar-refractivity contribution in [3.8, 4) is 0 Å². The summed E-state index contributed by atoms with van der Waals surface area (Å²) in [6, 6.07) is 6.76. The van der Waals surface area contributed by atoms with Gasteiger partial charge in [-0.05, 0) is 25.5 Å². The van der Waals surface area contributed by atoms with Crippen molar-refractivity contribution in [2.45, 2.75) is 39.4 Å². The SMILES string of the molecule is CCCNCC(CC)OCc1ccccc1F. The first kappa shape index (κ1) is 14.1. The van der Waals surface area contributed by atoms with E-state index in [1.54, 1.807) is 12.1 Å². The van der Waals surface area contributed by atoms with Gasteiger partial charge in [-0.2, -0.15) is 0 Å². The first-order valence-electron chi connectivity index (χ1n) is 6.33. The van der Waals surface area contributed by atoms with Crippen LogP contribution in [0.1, 0.15) is 32.3 Å². The van der Waals surface area contributed by atoms with Crippen LogP contribution in [0.25, 0.3) is 0 Å². The molecule has 0 radical (unpaired) electrons. The van der Waals surface area contributed by atoms with Gasteiger partial charge in [0.05, 0.1) is 12.7 Å². The quantitative estimate of drug-likeness (QED) is 0.704. The second-order valence-electron chi connectivity index (χ2n) is 4.14. The molecule has 0 heterocycles. The second kappa shape index (κ2) is 8.20. The predicted molar refractivity (Wildman–Crippen MR) is 68.4 cm³/mol. The number of hydrogen-bond donors (Lipinski definition) is 1. The Morgan fingerprint density at radius 3 is 2.71 bits per heavy atom. The van der Waals surface area contributed by atoms with Gasteiger partial charge >= 0.3 is 0 Å². The molecule has 0 aliphatic heterocycles. The number of ether oxygens (including phenoxy) is 1. The van der Waals surface area contributed by atoms with Crippen molar-refractivity contribution in [3.63, 3.8) is 0 Å². The van der Waals surface area contributed by atoms with Gasteiger partial charge in [0.25, 0.3) is 0 Å². The van der Waals surface area contributed by atoms with Crippen molar-refractivity contribution < 1.29 is 9.13 Å². The van der Waals surface area contributed by atoms with E-state index in [2.05, 4.69) is 19.2 Å². The second-order valence-corrected chi connectivity index (χ2v) is 4.14. The summed E-state index contributed by atoms with van der Waals surface area (Å²) in [5.74, 6) is -0.191. The predicted octanol–water partition coefficient (Wildman–Crippen LogP) is 3.12. The molecule has 1 unspecified atom stereocenters. The van der Waals surface area contributed by atoms with Gasteiger partial charge in [-0.15, -0.1) is 0 Å². The monoisotopic (exact) mass is 239 g/mol. The minimum atomic E-state index is -0.191. The number of nitrogens with one attached hydrogen (secondary N) is 1. The average Bonchev–Trinajstić information content (AvgIpc) is 2.35. The number of benzene rings is 1. The highest BCUT2D eigenvalue weighted by atomic mass is 19.1. The summed E-state index contributed by atoms with van der Waals surface area (Å²) >= 11 is 0. The lowest BCUT2D eigenvalue weighted by molar-refractivity contribution is 0.0370. The van der Waals surface area contributed by atoms with Gasteiger partial charge in [0.1, 0.15) is 5.82 Å². The molecule has 0 aromatic heterocycles. The van der Waals surface area contributed by atoms with Gasteiger partial charge in [-0.25, -0.2) is 4.39 Å². The van der Waals surface area contributed by atoms with E-state index in [-0.39, 0.29) is 11.9 Å². The average molecular weight is 239 g/mol. The molecule has 0 aliphatic rings. The largest absolute Gasteiger partial charge is 0.372 e. The minimum Gasteiger partial charge on any atom is -0.372 e. The minimum absolute atomic E-state index is 0.154. The van der Waals surface area contributed by atoms with E-state index in [1.165, 1.54) is 6.07 Å². The standard InChI is InChI=1S/C14H22FNO/c1-3-9-16-10-13(4-2)17-11-12-7-5-6-8-14(12)15/h5-8,13,16H,3-4,9-11H2,1-2H3. The number of hydrogen-bond acceptors (Lipinski definition) is 2. The van der Waals surface area contributed by atoms with Crippen LogP contribution in [0.15, 0.2) is 24.3 Å². The Labute approximate surface area is 103 Å². The molecule has 0 aliphatic carbocycles. The van der Waals surface area contributed by atoms with Crippen molar-refractivity contribution in [2.75, 3.05) is 13.1 Å². The van der Waals surface area contributed by atoms with Crippen LogP contribution in [0.4, 0.5) is 4.39 Å². The molecule has 0 amide bonds. The van der Waals surface area contributed by atoms with E-state index in [0.717, 1.165) is 25.9 Å². The molecule has 2 nitrogen and oxygen atoms in total. The van der Waals surface area contributed by atoms with Crippen molar-refractivity contribution in [1.29, 1.82) is 0 Å². The Bertz CT molecular complexity index is 317. The third-order valence-electron chi connectivity index (χ3n) is 2.69. The first-order chi connectivity index (χ1) is 8.27. The van der Waals surface area contributed by atoms with E-state index in [0.29, 0.717) is 12.2 Å². The molecule has 1 aromatic rings. The van der Waals surface area contributed by atoms with E-state index in [9.17, 15) is 4.39 Å². The van der Waals surface area contributed by atoms with E-state index in [1.807, 2.05) is 6.07 Å². The molecule has 1 N–H and O–H groups in total. The molecule has 1 atom stereocenters.